The van der Waals surface area contributed by atoms with Gasteiger partial charge in [0.25, 0.3) is 0 Å². The van der Waals surface area contributed by atoms with E-state index >= 15 is 0 Å². The minimum atomic E-state index is 0.179. The third-order valence-corrected chi connectivity index (χ3v) is 3.11. The van der Waals surface area contributed by atoms with Crippen molar-refractivity contribution >= 4 is 17.2 Å². The number of para-hydroxylation sites is 1. The van der Waals surface area contributed by atoms with Gasteiger partial charge < -0.3 is 4.74 Å². The summed E-state index contributed by atoms with van der Waals surface area (Å²) in [6.07, 6.45) is 5.50. The van der Waals surface area contributed by atoms with Crippen molar-refractivity contribution in [3.63, 3.8) is 0 Å². The number of hydrogen-bond donors (Lipinski definition) is 0. The molecule has 15 heavy (non-hydrogen) atoms. The molecule has 2 heteroatoms. The Bertz CT molecular complexity index is 371. The third kappa shape index (κ3) is 2.35. The van der Waals surface area contributed by atoms with E-state index in [0.717, 1.165) is 25.0 Å². The van der Waals surface area contributed by atoms with E-state index in [1.54, 1.807) is 7.11 Å². The summed E-state index contributed by atoms with van der Waals surface area (Å²) in [7, 11) is 1.71. The number of rotatable bonds is 2. The van der Waals surface area contributed by atoms with Gasteiger partial charge in [0.15, 0.2) is 0 Å². The van der Waals surface area contributed by atoms with Gasteiger partial charge in [-0.15, -0.1) is 11.6 Å². The van der Waals surface area contributed by atoms with Gasteiger partial charge in [-0.2, -0.15) is 0 Å². The normalized spacial score (nSPS) is 20.9. The van der Waals surface area contributed by atoms with Crippen LogP contribution in [0.25, 0.3) is 5.57 Å². The Morgan fingerprint density at radius 2 is 2.13 bits per heavy atom. The summed E-state index contributed by atoms with van der Waals surface area (Å²) in [6.45, 7) is 0. The second-order valence-electron chi connectivity index (χ2n) is 3.80. The van der Waals surface area contributed by atoms with E-state index < -0.39 is 0 Å². The number of ether oxygens (including phenoxy) is 1. The molecule has 0 heterocycles. The van der Waals surface area contributed by atoms with Gasteiger partial charge in [-0.05, 0) is 30.9 Å². The zero-order chi connectivity index (χ0) is 10.7. The maximum Gasteiger partial charge on any atom is 0.126 e. The molecule has 1 aliphatic rings. The second kappa shape index (κ2) is 4.71. The monoisotopic (exact) mass is 222 g/mol. The van der Waals surface area contributed by atoms with Crippen LogP contribution in [0.3, 0.4) is 0 Å². The van der Waals surface area contributed by atoms with Crippen LogP contribution in [0.5, 0.6) is 5.75 Å². The molecule has 1 aliphatic carbocycles. The molecule has 2 rings (SSSR count). The van der Waals surface area contributed by atoms with Crippen LogP contribution in [0.2, 0.25) is 0 Å². The lowest BCUT2D eigenvalue weighted by molar-refractivity contribution is 0.413. The third-order valence-electron chi connectivity index (χ3n) is 2.76. The van der Waals surface area contributed by atoms with Crippen molar-refractivity contribution in [2.45, 2.75) is 24.6 Å². The van der Waals surface area contributed by atoms with Crippen LogP contribution in [-0.4, -0.2) is 12.5 Å². The standard InChI is InChI=1S/C13H15ClO/c1-15-13-8-3-2-7-12(13)10-5-4-6-11(14)9-10/h2-3,7-9,11H,4-6H2,1H3. The van der Waals surface area contributed by atoms with Crippen molar-refractivity contribution in [3.8, 4) is 5.75 Å². The molecule has 0 aromatic heterocycles. The lowest BCUT2D eigenvalue weighted by Crippen LogP contribution is -2.03. The van der Waals surface area contributed by atoms with Gasteiger partial charge in [0.05, 0.1) is 12.5 Å². The Balaban J connectivity index is 2.36. The molecule has 0 radical (unpaired) electrons. The average molecular weight is 223 g/mol. The Morgan fingerprint density at radius 3 is 2.87 bits per heavy atom. The van der Waals surface area contributed by atoms with Crippen LogP contribution in [0, 0.1) is 0 Å². The van der Waals surface area contributed by atoms with E-state index in [1.165, 1.54) is 11.1 Å². The topological polar surface area (TPSA) is 9.23 Å². The highest BCUT2D eigenvalue weighted by Crippen LogP contribution is 2.33. The zero-order valence-electron chi connectivity index (χ0n) is 8.87. The lowest BCUT2D eigenvalue weighted by atomic mass is 9.93. The fourth-order valence-electron chi connectivity index (χ4n) is 2.01. The summed E-state index contributed by atoms with van der Waals surface area (Å²) in [6, 6.07) is 8.12. The predicted octanol–water partition coefficient (Wildman–Crippen LogP) is 3.87. The van der Waals surface area contributed by atoms with E-state index in [1.807, 2.05) is 18.2 Å². The molecule has 1 aromatic rings. The number of hydrogen-bond acceptors (Lipinski definition) is 1. The number of alkyl halides is 1. The van der Waals surface area contributed by atoms with Gasteiger partial charge in [-0.1, -0.05) is 24.3 Å². The predicted molar refractivity (Wildman–Crippen MR) is 64.5 cm³/mol. The maximum absolute atomic E-state index is 6.14. The van der Waals surface area contributed by atoms with Crippen LogP contribution < -0.4 is 4.74 Å². The van der Waals surface area contributed by atoms with Gasteiger partial charge >= 0.3 is 0 Å². The smallest absolute Gasteiger partial charge is 0.126 e. The first-order chi connectivity index (χ1) is 7.31. The highest BCUT2D eigenvalue weighted by Gasteiger charge is 2.14. The highest BCUT2D eigenvalue weighted by atomic mass is 35.5. The summed E-state index contributed by atoms with van der Waals surface area (Å²) < 4.78 is 5.35. The number of allylic oxidation sites excluding steroid dienone is 2. The summed E-state index contributed by atoms with van der Waals surface area (Å²) in [4.78, 5) is 0. The molecule has 0 N–H and O–H groups in total. The summed E-state index contributed by atoms with van der Waals surface area (Å²) >= 11 is 6.14. The molecule has 0 aliphatic heterocycles. The lowest BCUT2D eigenvalue weighted by Gasteiger charge is -2.18. The Labute approximate surface area is 95.7 Å². The van der Waals surface area contributed by atoms with E-state index in [0.29, 0.717) is 0 Å². The van der Waals surface area contributed by atoms with Crippen LogP contribution in [0.4, 0.5) is 0 Å². The second-order valence-corrected chi connectivity index (χ2v) is 4.36. The van der Waals surface area contributed by atoms with Crippen LogP contribution in [-0.2, 0) is 0 Å². The van der Waals surface area contributed by atoms with Crippen molar-refractivity contribution in [1.29, 1.82) is 0 Å². The molecule has 0 saturated heterocycles. The Morgan fingerprint density at radius 1 is 1.33 bits per heavy atom. The molecule has 0 bridgehead atoms. The fraction of sp³-hybridized carbons (Fsp3) is 0.385. The Hall–Kier alpha value is -0.950. The largest absolute Gasteiger partial charge is 0.496 e. The SMILES string of the molecule is COc1ccccc1C1=CC(Cl)CCC1. The van der Waals surface area contributed by atoms with E-state index in [4.69, 9.17) is 16.3 Å². The van der Waals surface area contributed by atoms with E-state index in [2.05, 4.69) is 12.1 Å². The first-order valence-electron chi connectivity index (χ1n) is 5.29. The minimum Gasteiger partial charge on any atom is -0.496 e. The van der Waals surface area contributed by atoms with Crippen LogP contribution in [0.1, 0.15) is 24.8 Å². The first-order valence-corrected chi connectivity index (χ1v) is 5.73. The molecular weight excluding hydrogens is 208 g/mol. The maximum atomic E-state index is 6.14. The summed E-state index contributed by atoms with van der Waals surface area (Å²) in [5.74, 6) is 0.939. The van der Waals surface area contributed by atoms with Crippen molar-refractivity contribution in [1.82, 2.24) is 0 Å². The van der Waals surface area contributed by atoms with Gasteiger partial charge in [0, 0.05) is 5.56 Å². The molecular formula is C13H15ClO. The van der Waals surface area contributed by atoms with Crippen molar-refractivity contribution in [2.75, 3.05) is 7.11 Å². The molecule has 1 aromatic carbocycles. The van der Waals surface area contributed by atoms with Crippen molar-refractivity contribution < 1.29 is 4.74 Å². The van der Waals surface area contributed by atoms with Crippen LogP contribution in [0.15, 0.2) is 30.3 Å². The van der Waals surface area contributed by atoms with Gasteiger partial charge in [-0.25, -0.2) is 0 Å². The summed E-state index contributed by atoms with van der Waals surface area (Å²) in [5, 5.41) is 0.179. The van der Waals surface area contributed by atoms with Gasteiger partial charge in [0.1, 0.15) is 5.75 Å². The van der Waals surface area contributed by atoms with Crippen LogP contribution >= 0.6 is 11.6 Å². The van der Waals surface area contributed by atoms with Gasteiger partial charge in [-0.3, -0.25) is 0 Å². The minimum absolute atomic E-state index is 0.179. The summed E-state index contributed by atoms with van der Waals surface area (Å²) in [5.41, 5.74) is 2.50. The Kier molecular flexibility index (Phi) is 3.32. The molecule has 0 amide bonds. The van der Waals surface area contributed by atoms with E-state index in [-0.39, 0.29) is 5.38 Å². The number of methoxy groups -OCH3 is 1. The zero-order valence-corrected chi connectivity index (χ0v) is 9.63. The quantitative estimate of drug-likeness (QED) is 0.691. The molecule has 80 valence electrons. The highest BCUT2D eigenvalue weighted by molar-refractivity contribution is 6.22. The molecule has 0 saturated carbocycles. The molecule has 0 fully saturated rings. The molecule has 0 spiro atoms. The molecule has 1 nitrogen and oxygen atoms in total. The van der Waals surface area contributed by atoms with Crippen molar-refractivity contribution in [3.05, 3.63) is 35.9 Å². The van der Waals surface area contributed by atoms with Crippen molar-refractivity contribution in [2.24, 2.45) is 0 Å². The molecule has 1 atom stereocenters. The van der Waals surface area contributed by atoms with E-state index in [9.17, 15) is 0 Å². The number of halogens is 1. The van der Waals surface area contributed by atoms with Gasteiger partial charge in [0.2, 0.25) is 0 Å². The fourth-order valence-corrected chi connectivity index (χ4v) is 2.31. The number of benzene rings is 1. The average Bonchev–Trinajstić information content (AvgIpc) is 2.29. The molecule has 1 unspecified atom stereocenters. The first kappa shape index (κ1) is 10.6.